The Hall–Kier alpha value is -4.99. The second kappa shape index (κ2) is 20.3. The normalized spacial score (nSPS) is 23.8. The van der Waals surface area contributed by atoms with E-state index in [2.05, 4.69) is 18.0 Å². The van der Waals surface area contributed by atoms with Gasteiger partial charge in [0.25, 0.3) is 5.69 Å². The van der Waals surface area contributed by atoms with E-state index < -0.39 is 34.9 Å². The van der Waals surface area contributed by atoms with Gasteiger partial charge in [-0.05, 0) is 91.3 Å². The highest BCUT2D eigenvalue weighted by Crippen LogP contribution is 2.61. The largest absolute Gasteiger partial charge is 0.459 e. The maximum absolute atomic E-state index is 14.0. The van der Waals surface area contributed by atoms with Crippen molar-refractivity contribution in [3.8, 4) is 11.5 Å². The summed E-state index contributed by atoms with van der Waals surface area (Å²) in [6, 6.07) is 10.5. The van der Waals surface area contributed by atoms with E-state index in [1.807, 2.05) is 26.8 Å². The lowest BCUT2D eigenvalue weighted by atomic mass is 9.55. The highest BCUT2D eigenvalue weighted by Gasteiger charge is 2.65. The number of amides is 2. The Kier molecular flexibility index (Phi) is 15.5. The Morgan fingerprint density at radius 2 is 1.81 bits per heavy atom. The van der Waals surface area contributed by atoms with Crippen LogP contribution in [0.25, 0.3) is 0 Å². The summed E-state index contributed by atoms with van der Waals surface area (Å²) in [6.45, 7) is 12.5. The quantitative estimate of drug-likeness (QED) is 0.0546. The van der Waals surface area contributed by atoms with Crippen LogP contribution in [0.2, 0.25) is 0 Å². The minimum Gasteiger partial charge on any atom is -0.459 e. The fourth-order valence-electron chi connectivity index (χ4n) is 8.48. The van der Waals surface area contributed by atoms with Gasteiger partial charge in [0, 0.05) is 56.8 Å². The number of nitro benzene ring substituents is 1. The van der Waals surface area contributed by atoms with Crippen LogP contribution in [-0.2, 0) is 20.9 Å². The number of benzene rings is 2. The van der Waals surface area contributed by atoms with Gasteiger partial charge < -0.3 is 44.2 Å². The van der Waals surface area contributed by atoms with Crippen molar-refractivity contribution >= 4 is 23.6 Å². The number of aliphatic hydroxyl groups is 2. The second-order valence-corrected chi connectivity index (χ2v) is 16.6. The summed E-state index contributed by atoms with van der Waals surface area (Å²) >= 11 is 0. The summed E-state index contributed by atoms with van der Waals surface area (Å²) in [5, 5.41) is 38.4. The first kappa shape index (κ1) is 45.1. The molecule has 59 heavy (non-hydrogen) atoms. The number of rotatable bonds is 19. The number of fused-ring (bicyclic) bond motifs is 2. The van der Waals surface area contributed by atoms with Gasteiger partial charge in [0.2, 0.25) is 5.79 Å². The molecule has 2 aromatic carbocycles. The van der Waals surface area contributed by atoms with Crippen molar-refractivity contribution in [1.82, 2.24) is 10.2 Å². The Morgan fingerprint density at radius 3 is 2.46 bits per heavy atom. The highest BCUT2D eigenvalue weighted by molar-refractivity contribution is 6.03. The van der Waals surface area contributed by atoms with Crippen LogP contribution in [0.4, 0.5) is 15.3 Å². The molecule has 15 heteroatoms. The molecule has 1 aliphatic heterocycles. The number of hydrogen-bond donors (Lipinski definition) is 3. The summed E-state index contributed by atoms with van der Waals surface area (Å²) in [7, 11) is 1.66. The van der Waals surface area contributed by atoms with Gasteiger partial charge in [-0.1, -0.05) is 50.9 Å². The zero-order valence-corrected chi connectivity index (χ0v) is 34.9. The molecule has 5 rings (SSSR count). The number of carbonyl (C=O) groups is 2. The molecule has 3 aliphatic rings. The maximum atomic E-state index is 14.0. The van der Waals surface area contributed by atoms with Crippen molar-refractivity contribution in [2.45, 2.75) is 97.0 Å². The van der Waals surface area contributed by atoms with Gasteiger partial charge in [0.1, 0.15) is 24.1 Å². The van der Waals surface area contributed by atoms with Crippen molar-refractivity contribution < 1.29 is 48.5 Å². The van der Waals surface area contributed by atoms with Crippen LogP contribution in [0, 0.1) is 33.3 Å². The van der Waals surface area contributed by atoms with Crippen molar-refractivity contribution in [3.05, 3.63) is 88.0 Å². The number of likely N-dealkylation sites (N-methyl/N-ethyl adjacent to an activating group) is 1. The molecule has 3 N–H and O–H groups in total. The molecule has 1 saturated carbocycles. The average molecular weight is 821 g/mol. The summed E-state index contributed by atoms with van der Waals surface area (Å²) in [6.07, 6.45) is 7.05. The standard InChI is InChI=1S/C44H60N4O11/c1-7-23-56-44-38(47(6)42(52)55-28-43(3,4)5)26-36(46-57-27-29-15-17-31(18-16-29)48(53)54)34-24-30(13-9-11-21-49)33(14-10-12-22-50)39(40(34)44)35-25-32(19-20-37(35)59-44)58-41(51)45-8-2/h7,15-20,24-25,30,33,38-40,49-50H,1,8-14,21-23,26-28H2,2-6H3,(H,45,51)/t30-,33+,38-,39+,40+,44+/m0/s1. The van der Waals surface area contributed by atoms with E-state index in [-0.39, 0.29) is 68.3 Å². The van der Waals surface area contributed by atoms with E-state index in [4.69, 9.17) is 28.9 Å². The molecule has 0 aromatic heterocycles. The van der Waals surface area contributed by atoms with Crippen LogP contribution >= 0.6 is 0 Å². The van der Waals surface area contributed by atoms with Crippen LogP contribution in [0.1, 0.15) is 89.7 Å². The van der Waals surface area contributed by atoms with Crippen LogP contribution in [0.15, 0.2) is 71.9 Å². The van der Waals surface area contributed by atoms with Crippen molar-refractivity contribution in [1.29, 1.82) is 0 Å². The molecule has 2 amide bonds. The predicted molar refractivity (Wildman–Crippen MR) is 221 cm³/mol. The van der Waals surface area contributed by atoms with E-state index in [0.29, 0.717) is 42.2 Å². The highest BCUT2D eigenvalue weighted by atomic mass is 16.7. The molecule has 2 aromatic rings. The molecule has 1 heterocycles. The Morgan fingerprint density at radius 1 is 1.10 bits per heavy atom. The fourth-order valence-corrected chi connectivity index (χ4v) is 8.48. The van der Waals surface area contributed by atoms with E-state index >= 15 is 0 Å². The molecule has 15 nitrogen and oxygen atoms in total. The Balaban J connectivity index is 1.72. The summed E-state index contributed by atoms with van der Waals surface area (Å²) < 4.78 is 25.6. The number of unbranched alkanes of at least 4 members (excludes halogenated alkanes) is 2. The predicted octanol–water partition coefficient (Wildman–Crippen LogP) is 7.65. The lowest BCUT2D eigenvalue weighted by molar-refractivity contribution is -0.384. The molecule has 0 unspecified atom stereocenters. The molecular formula is C44H60N4O11. The van der Waals surface area contributed by atoms with Crippen molar-refractivity contribution in [2.24, 2.45) is 28.3 Å². The Labute approximate surface area is 346 Å². The first-order chi connectivity index (χ1) is 28.3. The topological polar surface area (TPSA) is 192 Å². The van der Waals surface area contributed by atoms with Crippen LogP contribution in [0.3, 0.4) is 0 Å². The van der Waals surface area contributed by atoms with E-state index in [0.717, 1.165) is 36.8 Å². The molecule has 2 aliphatic carbocycles. The zero-order valence-electron chi connectivity index (χ0n) is 34.9. The lowest BCUT2D eigenvalue weighted by Crippen LogP contribution is -2.69. The maximum Gasteiger partial charge on any atom is 0.412 e. The number of nitro groups is 1. The van der Waals surface area contributed by atoms with Crippen molar-refractivity contribution in [2.75, 3.05) is 40.0 Å². The van der Waals surface area contributed by atoms with Gasteiger partial charge in [-0.25, -0.2) is 9.59 Å². The van der Waals surface area contributed by atoms with Crippen LogP contribution < -0.4 is 14.8 Å². The van der Waals surface area contributed by atoms with E-state index in [1.165, 1.54) is 17.0 Å². The minimum atomic E-state index is -1.49. The minimum absolute atomic E-state index is 0.0154. The van der Waals surface area contributed by atoms with Gasteiger partial charge in [0.15, 0.2) is 0 Å². The summed E-state index contributed by atoms with van der Waals surface area (Å²) in [4.78, 5) is 45.1. The lowest BCUT2D eigenvalue weighted by Gasteiger charge is -2.59. The number of carbonyl (C=O) groups excluding carboxylic acids is 2. The smallest absolute Gasteiger partial charge is 0.412 e. The second-order valence-electron chi connectivity index (χ2n) is 16.6. The van der Waals surface area contributed by atoms with Gasteiger partial charge in [-0.3, -0.25) is 10.1 Å². The average Bonchev–Trinajstić information content (AvgIpc) is 3.20. The molecule has 0 spiro atoms. The SMILES string of the molecule is C=CCO[C@@]12Oc3ccc(OC(=O)NCC)cc3[C@H]3[C@H](CCCCO)[C@@H](CCCCO)C=C(C(=NOCc4ccc([N+](=O)[O-])cc4)C[C@@H]1N(C)C(=O)OCC(C)(C)C)[C@H]32. The number of nitrogens with one attached hydrogen (secondary N) is 1. The summed E-state index contributed by atoms with van der Waals surface area (Å²) in [5.74, 6) is -1.62. The zero-order chi connectivity index (χ0) is 42.7. The monoisotopic (exact) mass is 820 g/mol. The van der Waals surface area contributed by atoms with Gasteiger partial charge in [-0.15, -0.1) is 6.58 Å². The van der Waals surface area contributed by atoms with Gasteiger partial charge in [0.05, 0.1) is 29.8 Å². The molecule has 1 fully saturated rings. The third kappa shape index (κ3) is 10.8. The third-order valence-corrected chi connectivity index (χ3v) is 11.1. The number of nitrogens with zero attached hydrogens (tertiary/aromatic N) is 3. The first-order valence-electron chi connectivity index (χ1n) is 20.6. The Bertz CT molecular complexity index is 1840. The van der Waals surface area contributed by atoms with E-state index in [1.54, 1.807) is 44.3 Å². The van der Waals surface area contributed by atoms with Gasteiger partial charge >= 0.3 is 12.2 Å². The van der Waals surface area contributed by atoms with Crippen LogP contribution in [-0.4, -0.2) is 89.8 Å². The number of allylic oxidation sites excluding steroid dienone is 1. The molecule has 0 radical (unpaired) electrons. The number of aliphatic hydroxyl groups excluding tert-OH is 2. The molecular weight excluding hydrogens is 761 g/mol. The number of non-ortho nitro benzene ring substituents is 1. The molecule has 0 bridgehead atoms. The van der Waals surface area contributed by atoms with E-state index in [9.17, 15) is 29.9 Å². The summed E-state index contributed by atoms with van der Waals surface area (Å²) in [5.41, 5.74) is 2.53. The number of hydrogen-bond acceptors (Lipinski definition) is 12. The number of oxime groups is 1. The number of ether oxygens (including phenoxy) is 4. The fraction of sp³-hybridized carbons (Fsp3) is 0.568. The molecule has 0 saturated heterocycles. The molecule has 6 atom stereocenters. The van der Waals surface area contributed by atoms with Gasteiger partial charge in [-0.2, -0.15) is 0 Å². The molecule has 322 valence electrons. The van der Waals surface area contributed by atoms with Crippen molar-refractivity contribution in [3.63, 3.8) is 0 Å². The first-order valence-corrected chi connectivity index (χ1v) is 20.6. The van der Waals surface area contributed by atoms with Crippen LogP contribution in [0.5, 0.6) is 11.5 Å². The third-order valence-electron chi connectivity index (χ3n) is 11.1.